The van der Waals surface area contributed by atoms with E-state index >= 15 is 0 Å². The fourth-order valence-electron chi connectivity index (χ4n) is 3.19. The number of carbonyl (C=O) groups excluding carboxylic acids is 1. The summed E-state index contributed by atoms with van der Waals surface area (Å²) in [5.41, 5.74) is 0.903. The van der Waals surface area contributed by atoms with Crippen LogP contribution in [0, 0.1) is 0 Å². The van der Waals surface area contributed by atoms with Crippen LogP contribution in [0.5, 0.6) is 17.2 Å². The molecule has 1 unspecified atom stereocenters. The molecular weight excluding hydrogens is 442 g/mol. The zero-order valence-corrected chi connectivity index (χ0v) is 18.4. The summed E-state index contributed by atoms with van der Waals surface area (Å²) in [5, 5.41) is 11.3. The Labute approximate surface area is 184 Å². The SMILES string of the molecule is COc1ccc(CC(NC(=O)O)NS(=O)(=O)c2ccc3c(c2)N(C)C(=O)CO3)cc1OC. The van der Waals surface area contributed by atoms with Gasteiger partial charge in [0, 0.05) is 13.5 Å². The molecule has 3 N–H and O–H groups in total. The molecule has 2 amide bonds. The number of benzene rings is 2. The van der Waals surface area contributed by atoms with E-state index in [1.54, 1.807) is 18.2 Å². The summed E-state index contributed by atoms with van der Waals surface area (Å²) in [4.78, 5) is 24.3. The van der Waals surface area contributed by atoms with Crippen molar-refractivity contribution < 1.29 is 37.3 Å². The second-order valence-electron chi connectivity index (χ2n) is 6.89. The molecule has 0 saturated carbocycles. The van der Waals surface area contributed by atoms with Crippen LogP contribution >= 0.6 is 0 Å². The molecule has 0 radical (unpaired) electrons. The van der Waals surface area contributed by atoms with Gasteiger partial charge in [-0.2, -0.15) is 4.72 Å². The van der Waals surface area contributed by atoms with E-state index in [9.17, 15) is 23.1 Å². The van der Waals surface area contributed by atoms with Gasteiger partial charge in [-0.1, -0.05) is 6.07 Å². The summed E-state index contributed by atoms with van der Waals surface area (Å²) >= 11 is 0. The van der Waals surface area contributed by atoms with Crippen LogP contribution in [0.3, 0.4) is 0 Å². The van der Waals surface area contributed by atoms with Gasteiger partial charge in [-0.05, 0) is 35.9 Å². The highest BCUT2D eigenvalue weighted by molar-refractivity contribution is 7.89. The van der Waals surface area contributed by atoms with Gasteiger partial charge >= 0.3 is 6.09 Å². The number of carboxylic acid groups (broad SMARTS) is 1. The van der Waals surface area contributed by atoms with E-state index in [1.807, 2.05) is 0 Å². The average Bonchev–Trinajstić information content (AvgIpc) is 2.75. The molecule has 0 aromatic heterocycles. The molecule has 0 bridgehead atoms. The third-order valence-corrected chi connectivity index (χ3v) is 6.28. The third kappa shape index (κ3) is 5.03. The van der Waals surface area contributed by atoms with Crippen molar-refractivity contribution in [3.8, 4) is 17.2 Å². The molecule has 32 heavy (non-hydrogen) atoms. The second kappa shape index (κ2) is 9.32. The number of carbonyl (C=O) groups is 2. The molecule has 1 heterocycles. The van der Waals surface area contributed by atoms with E-state index in [0.29, 0.717) is 28.5 Å². The summed E-state index contributed by atoms with van der Waals surface area (Å²) in [5.74, 6) is 0.953. The number of anilines is 1. The topological polar surface area (TPSA) is 143 Å². The first-order valence-electron chi connectivity index (χ1n) is 9.40. The number of nitrogens with one attached hydrogen (secondary N) is 2. The number of rotatable bonds is 8. The minimum absolute atomic E-state index is 0.00166. The molecule has 2 aromatic rings. The van der Waals surface area contributed by atoms with E-state index in [4.69, 9.17) is 14.2 Å². The largest absolute Gasteiger partial charge is 0.493 e. The molecule has 0 spiro atoms. The van der Waals surface area contributed by atoms with Crippen LogP contribution in [-0.2, 0) is 21.2 Å². The van der Waals surface area contributed by atoms with Crippen molar-refractivity contribution in [3.63, 3.8) is 0 Å². The lowest BCUT2D eigenvalue weighted by atomic mass is 10.1. The smallest absolute Gasteiger partial charge is 0.405 e. The molecule has 1 aliphatic heterocycles. The maximum Gasteiger partial charge on any atom is 0.405 e. The van der Waals surface area contributed by atoms with Crippen LogP contribution in [0.1, 0.15) is 5.56 Å². The predicted molar refractivity (Wildman–Crippen MR) is 114 cm³/mol. The maximum absolute atomic E-state index is 13.0. The number of ether oxygens (including phenoxy) is 3. The zero-order valence-electron chi connectivity index (χ0n) is 17.6. The van der Waals surface area contributed by atoms with Gasteiger partial charge in [0.05, 0.1) is 24.8 Å². The number of nitrogens with zero attached hydrogens (tertiary/aromatic N) is 1. The number of hydrogen-bond acceptors (Lipinski definition) is 7. The Morgan fingerprint density at radius 2 is 1.91 bits per heavy atom. The van der Waals surface area contributed by atoms with Crippen LogP contribution in [-0.4, -0.2) is 59.6 Å². The quantitative estimate of drug-likeness (QED) is 0.493. The first kappa shape index (κ1) is 23.2. The molecule has 2 aromatic carbocycles. The van der Waals surface area contributed by atoms with E-state index in [1.165, 1.54) is 44.4 Å². The number of fused-ring (bicyclic) bond motifs is 1. The predicted octanol–water partition coefficient (Wildman–Crippen LogP) is 1.17. The first-order chi connectivity index (χ1) is 15.1. The van der Waals surface area contributed by atoms with Gasteiger partial charge in [-0.25, -0.2) is 13.2 Å². The normalized spacial score (nSPS) is 14.2. The van der Waals surface area contributed by atoms with Gasteiger partial charge in [0.2, 0.25) is 10.0 Å². The summed E-state index contributed by atoms with van der Waals surface area (Å²) in [7, 11) is 0.298. The summed E-state index contributed by atoms with van der Waals surface area (Å²) < 4.78 is 44.0. The van der Waals surface area contributed by atoms with Gasteiger partial charge in [0.1, 0.15) is 11.9 Å². The Morgan fingerprint density at radius 3 is 2.56 bits per heavy atom. The highest BCUT2D eigenvalue weighted by Gasteiger charge is 2.27. The minimum atomic E-state index is -4.15. The van der Waals surface area contributed by atoms with E-state index in [-0.39, 0.29) is 23.8 Å². The zero-order chi connectivity index (χ0) is 23.5. The van der Waals surface area contributed by atoms with Crippen molar-refractivity contribution in [2.75, 3.05) is 32.8 Å². The molecule has 3 rings (SSSR count). The van der Waals surface area contributed by atoms with E-state index < -0.39 is 22.3 Å². The highest BCUT2D eigenvalue weighted by atomic mass is 32.2. The van der Waals surface area contributed by atoms with Gasteiger partial charge in [-0.3, -0.25) is 4.79 Å². The lowest BCUT2D eigenvalue weighted by Gasteiger charge is -2.26. The van der Waals surface area contributed by atoms with Gasteiger partial charge in [0.25, 0.3) is 5.91 Å². The second-order valence-corrected chi connectivity index (χ2v) is 8.60. The number of amides is 2. The van der Waals surface area contributed by atoms with Crippen LogP contribution in [0.15, 0.2) is 41.3 Å². The van der Waals surface area contributed by atoms with Gasteiger partial charge in [0.15, 0.2) is 18.1 Å². The molecule has 12 heteroatoms. The summed E-state index contributed by atoms with van der Waals surface area (Å²) in [6.07, 6.45) is -2.58. The van der Waals surface area contributed by atoms with Crippen molar-refractivity contribution in [2.45, 2.75) is 17.5 Å². The van der Waals surface area contributed by atoms with Crippen LogP contribution < -0.4 is 29.1 Å². The molecular formula is C20H23N3O8S. The number of methoxy groups -OCH3 is 2. The minimum Gasteiger partial charge on any atom is -0.493 e. The van der Waals surface area contributed by atoms with Crippen LogP contribution in [0.2, 0.25) is 0 Å². The molecule has 0 fully saturated rings. The van der Waals surface area contributed by atoms with Gasteiger partial charge < -0.3 is 29.5 Å². The van der Waals surface area contributed by atoms with Crippen molar-refractivity contribution in [1.29, 1.82) is 0 Å². The molecule has 0 saturated heterocycles. The number of likely N-dealkylation sites (N-methyl/N-ethyl adjacent to an activating group) is 1. The Bertz CT molecular complexity index is 1140. The van der Waals surface area contributed by atoms with Crippen LogP contribution in [0.4, 0.5) is 10.5 Å². The Morgan fingerprint density at radius 1 is 1.19 bits per heavy atom. The molecule has 1 atom stereocenters. The molecule has 1 aliphatic rings. The Balaban J connectivity index is 1.87. The fourth-order valence-corrected chi connectivity index (χ4v) is 4.36. The third-order valence-electron chi connectivity index (χ3n) is 4.81. The number of sulfonamides is 1. The standard InChI is InChI=1S/C20H23N3O8S/c1-23-14-10-13(5-7-15(14)31-11-19(23)24)32(27,28)22-18(21-20(25)26)9-12-4-6-16(29-2)17(8-12)30-3/h4-8,10,18,21-22H,9,11H2,1-3H3,(H,25,26). The molecule has 11 nitrogen and oxygen atoms in total. The van der Waals surface area contributed by atoms with Gasteiger partial charge in [-0.15, -0.1) is 0 Å². The monoisotopic (exact) mass is 465 g/mol. The highest BCUT2D eigenvalue weighted by Crippen LogP contribution is 2.33. The van der Waals surface area contributed by atoms with Crippen molar-refractivity contribution in [3.05, 3.63) is 42.0 Å². The van der Waals surface area contributed by atoms with Crippen LogP contribution in [0.25, 0.3) is 0 Å². The molecule has 0 aliphatic carbocycles. The average molecular weight is 465 g/mol. The van der Waals surface area contributed by atoms with E-state index in [2.05, 4.69) is 10.0 Å². The summed E-state index contributed by atoms with van der Waals surface area (Å²) in [6.45, 7) is -0.135. The lowest BCUT2D eigenvalue weighted by molar-refractivity contribution is -0.121. The maximum atomic E-state index is 13.0. The Kier molecular flexibility index (Phi) is 6.75. The van der Waals surface area contributed by atoms with Crippen molar-refractivity contribution >= 4 is 27.7 Å². The van der Waals surface area contributed by atoms with E-state index in [0.717, 1.165) is 0 Å². The molecule has 172 valence electrons. The van der Waals surface area contributed by atoms with Crippen molar-refractivity contribution in [1.82, 2.24) is 10.0 Å². The number of hydrogen-bond donors (Lipinski definition) is 3. The Hall–Kier alpha value is -3.51. The lowest BCUT2D eigenvalue weighted by Crippen LogP contribution is -2.48. The van der Waals surface area contributed by atoms with Crippen molar-refractivity contribution in [2.24, 2.45) is 0 Å². The summed E-state index contributed by atoms with van der Waals surface area (Å²) in [6, 6.07) is 8.99. The fraction of sp³-hybridized carbons (Fsp3) is 0.300. The first-order valence-corrected chi connectivity index (χ1v) is 10.9.